The largest absolute Gasteiger partial charge is 0.497 e. The van der Waals surface area contributed by atoms with E-state index in [1.807, 2.05) is 0 Å². The maximum Gasteiger partial charge on any atom is 0.232 e. The number of carbonyl (C=O) groups excluding carboxylic acids is 1. The van der Waals surface area contributed by atoms with E-state index >= 15 is 0 Å². The van der Waals surface area contributed by atoms with E-state index in [4.69, 9.17) is 21.1 Å². The van der Waals surface area contributed by atoms with Crippen LogP contribution in [0.4, 0.5) is 5.69 Å². The van der Waals surface area contributed by atoms with E-state index in [1.54, 1.807) is 49.6 Å². The Bertz CT molecular complexity index is 954. The van der Waals surface area contributed by atoms with Crippen molar-refractivity contribution in [3.8, 4) is 11.5 Å². The van der Waals surface area contributed by atoms with Crippen LogP contribution in [0.15, 0.2) is 46.9 Å². The third-order valence-corrected chi connectivity index (χ3v) is 6.54. The highest BCUT2D eigenvalue weighted by Crippen LogP contribution is 2.29. The van der Waals surface area contributed by atoms with Crippen LogP contribution < -0.4 is 19.1 Å². The average molecular weight is 520 g/mol. The van der Waals surface area contributed by atoms with Gasteiger partial charge in [-0.3, -0.25) is 9.10 Å². The Balaban J connectivity index is 1.76. The minimum absolute atomic E-state index is 0.171. The molecule has 1 amide bonds. The van der Waals surface area contributed by atoms with E-state index in [9.17, 15) is 13.2 Å². The minimum Gasteiger partial charge on any atom is -0.497 e. The number of carbonyl (C=O) groups is 1. The van der Waals surface area contributed by atoms with E-state index in [0.29, 0.717) is 40.5 Å². The van der Waals surface area contributed by atoms with Crippen molar-refractivity contribution in [3.63, 3.8) is 0 Å². The number of methoxy groups -OCH3 is 1. The fourth-order valence-electron chi connectivity index (χ4n) is 2.63. The zero-order valence-corrected chi connectivity index (χ0v) is 19.9. The second-order valence-electron chi connectivity index (χ2n) is 6.41. The van der Waals surface area contributed by atoms with Crippen LogP contribution in [0.25, 0.3) is 0 Å². The third-order valence-electron chi connectivity index (χ3n) is 4.11. The van der Waals surface area contributed by atoms with Crippen LogP contribution in [0.5, 0.6) is 11.5 Å². The Kier molecular flexibility index (Phi) is 9.26. The number of hydrogen-bond donors (Lipinski definition) is 1. The fraction of sp³-hybridized carbons (Fsp3) is 0.350. The van der Waals surface area contributed by atoms with Crippen LogP contribution in [0.3, 0.4) is 0 Å². The lowest BCUT2D eigenvalue weighted by atomic mass is 10.2. The molecular weight excluding hydrogens is 496 g/mol. The van der Waals surface area contributed by atoms with Crippen molar-refractivity contribution in [2.75, 3.05) is 37.4 Å². The first-order chi connectivity index (χ1) is 14.2. The molecule has 2 aromatic rings. The number of ether oxygens (including phenoxy) is 2. The van der Waals surface area contributed by atoms with Crippen molar-refractivity contribution in [2.45, 2.75) is 12.8 Å². The normalized spacial score (nSPS) is 11.1. The van der Waals surface area contributed by atoms with Gasteiger partial charge in [-0.25, -0.2) is 8.42 Å². The summed E-state index contributed by atoms with van der Waals surface area (Å²) < 4.78 is 36.8. The SMILES string of the molecule is COc1ccc(OCCNC(=O)CCCN(c2ccc(Br)c(Cl)c2)S(C)(=O)=O)cc1. The third kappa shape index (κ3) is 7.70. The van der Waals surface area contributed by atoms with Gasteiger partial charge in [0.2, 0.25) is 15.9 Å². The molecule has 0 unspecified atom stereocenters. The first-order valence-electron chi connectivity index (χ1n) is 9.17. The fourth-order valence-corrected chi connectivity index (χ4v) is 4.01. The van der Waals surface area contributed by atoms with E-state index in [-0.39, 0.29) is 18.9 Å². The Hall–Kier alpha value is -1.97. The van der Waals surface area contributed by atoms with Gasteiger partial charge in [-0.15, -0.1) is 0 Å². The summed E-state index contributed by atoms with van der Waals surface area (Å²) in [5.74, 6) is 1.25. The van der Waals surface area contributed by atoms with Gasteiger partial charge in [0.25, 0.3) is 0 Å². The quantitative estimate of drug-likeness (QED) is 0.456. The van der Waals surface area contributed by atoms with Gasteiger partial charge in [0, 0.05) is 17.4 Å². The Morgan fingerprint density at radius 1 is 1.17 bits per heavy atom. The molecule has 7 nitrogen and oxygen atoms in total. The van der Waals surface area contributed by atoms with Gasteiger partial charge in [0.05, 0.1) is 30.6 Å². The predicted molar refractivity (Wildman–Crippen MR) is 122 cm³/mol. The molecule has 0 saturated carbocycles. The lowest BCUT2D eigenvalue weighted by molar-refractivity contribution is -0.121. The number of sulfonamides is 1. The number of amides is 1. The average Bonchev–Trinajstić information content (AvgIpc) is 2.70. The van der Waals surface area contributed by atoms with E-state index in [0.717, 1.165) is 12.0 Å². The number of benzene rings is 2. The summed E-state index contributed by atoms with van der Waals surface area (Å²) in [6, 6.07) is 12.1. The molecule has 1 N–H and O–H groups in total. The molecule has 0 fully saturated rings. The molecule has 2 aromatic carbocycles. The summed E-state index contributed by atoms with van der Waals surface area (Å²) in [7, 11) is -1.91. The maximum atomic E-state index is 12.1. The molecule has 30 heavy (non-hydrogen) atoms. The molecule has 164 valence electrons. The highest BCUT2D eigenvalue weighted by Gasteiger charge is 2.18. The highest BCUT2D eigenvalue weighted by molar-refractivity contribution is 9.10. The number of nitrogens with one attached hydrogen (secondary N) is 1. The van der Waals surface area contributed by atoms with Crippen LogP contribution in [0.2, 0.25) is 5.02 Å². The van der Waals surface area contributed by atoms with Crippen molar-refractivity contribution >= 4 is 49.1 Å². The molecule has 0 radical (unpaired) electrons. The molecule has 0 heterocycles. The molecule has 0 aliphatic rings. The standard InChI is InChI=1S/C20H24BrClN2O5S/c1-28-16-6-8-17(9-7-16)29-13-11-23-20(25)4-3-12-24(30(2,26)27)15-5-10-18(21)19(22)14-15/h5-10,14H,3-4,11-13H2,1-2H3,(H,23,25). The summed E-state index contributed by atoms with van der Waals surface area (Å²) >= 11 is 9.36. The monoisotopic (exact) mass is 518 g/mol. The maximum absolute atomic E-state index is 12.1. The second kappa shape index (κ2) is 11.4. The summed E-state index contributed by atoms with van der Waals surface area (Å²) in [6.45, 7) is 0.848. The van der Waals surface area contributed by atoms with Gasteiger partial charge >= 0.3 is 0 Å². The molecule has 0 atom stereocenters. The van der Waals surface area contributed by atoms with Gasteiger partial charge in [-0.2, -0.15) is 0 Å². The van der Waals surface area contributed by atoms with Crippen molar-refractivity contribution < 1.29 is 22.7 Å². The van der Waals surface area contributed by atoms with Gasteiger partial charge in [-0.1, -0.05) is 11.6 Å². The first-order valence-corrected chi connectivity index (χ1v) is 12.2. The van der Waals surface area contributed by atoms with E-state index < -0.39 is 10.0 Å². The molecule has 0 aliphatic heterocycles. The van der Waals surface area contributed by atoms with Crippen molar-refractivity contribution in [3.05, 3.63) is 52.0 Å². The van der Waals surface area contributed by atoms with Crippen molar-refractivity contribution in [1.29, 1.82) is 0 Å². The number of nitrogens with zero attached hydrogens (tertiary/aromatic N) is 1. The lowest BCUT2D eigenvalue weighted by Gasteiger charge is -2.22. The number of rotatable bonds is 11. The number of anilines is 1. The summed E-state index contributed by atoms with van der Waals surface area (Å²) in [4.78, 5) is 12.0. The molecule has 0 aliphatic carbocycles. The van der Waals surface area contributed by atoms with Crippen molar-refractivity contribution in [2.24, 2.45) is 0 Å². The molecule has 10 heteroatoms. The Morgan fingerprint density at radius 3 is 2.43 bits per heavy atom. The Morgan fingerprint density at radius 2 is 1.83 bits per heavy atom. The summed E-state index contributed by atoms with van der Waals surface area (Å²) in [5, 5.41) is 3.17. The van der Waals surface area contributed by atoms with E-state index in [2.05, 4.69) is 21.2 Å². The minimum atomic E-state index is -3.50. The smallest absolute Gasteiger partial charge is 0.232 e. The van der Waals surface area contributed by atoms with Crippen LogP contribution in [-0.4, -0.2) is 47.4 Å². The molecule has 2 rings (SSSR count). The molecular formula is C20H24BrClN2O5S. The summed E-state index contributed by atoms with van der Waals surface area (Å²) in [5.41, 5.74) is 0.457. The number of halogens is 2. The predicted octanol–water partition coefficient (Wildman–Crippen LogP) is 3.85. The van der Waals surface area contributed by atoms with Crippen LogP contribution in [-0.2, 0) is 14.8 Å². The molecule has 0 spiro atoms. The summed E-state index contributed by atoms with van der Waals surface area (Å²) in [6.07, 6.45) is 1.68. The zero-order valence-electron chi connectivity index (χ0n) is 16.7. The van der Waals surface area contributed by atoms with Crippen LogP contribution >= 0.6 is 27.5 Å². The Labute approximate surface area is 190 Å². The van der Waals surface area contributed by atoms with E-state index in [1.165, 1.54) is 4.31 Å². The molecule has 0 bridgehead atoms. The molecule has 0 saturated heterocycles. The lowest BCUT2D eigenvalue weighted by Crippen LogP contribution is -2.32. The van der Waals surface area contributed by atoms with Crippen LogP contribution in [0, 0.1) is 0 Å². The van der Waals surface area contributed by atoms with Gasteiger partial charge in [-0.05, 0) is 64.8 Å². The van der Waals surface area contributed by atoms with Crippen LogP contribution in [0.1, 0.15) is 12.8 Å². The zero-order chi connectivity index (χ0) is 22.1. The highest BCUT2D eigenvalue weighted by atomic mass is 79.9. The van der Waals surface area contributed by atoms with Gasteiger partial charge < -0.3 is 14.8 Å². The topological polar surface area (TPSA) is 84.9 Å². The number of hydrogen-bond acceptors (Lipinski definition) is 5. The van der Waals surface area contributed by atoms with Crippen molar-refractivity contribution in [1.82, 2.24) is 5.32 Å². The molecule has 0 aromatic heterocycles. The first kappa shape index (κ1) is 24.3. The second-order valence-corrected chi connectivity index (χ2v) is 9.58. The van der Waals surface area contributed by atoms with Gasteiger partial charge in [0.1, 0.15) is 18.1 Å². The van der Waals surface area contributed by atoms with Gasteiger partial charge in [0.15, 0.2) is 0 Å².